The summed E-state index contributed by atoms with van der Waals surface area (Å²) in [5, 5.41) is 9.08. The number of benzene rings is 1. The lowest BCUT2D eigenvalue weighted by Gasteiger charge is -2.16. The summed E-state index contributed by atoms with van der Waals surface area (Å²) in [5.74, 6) is 0.951. The first kappa shape index (κ1) is 13.7. The molecule has 21 heavy (non-hydrogen) atoms. The van der Waals surface area contributed by atoms with Crippen molar-refractivity contribution in [2.75, 3.05) is 13.6 Å². The number of aromatic nitrogens is 4. The molecule has 0 unspecified atom stereocenters. The highest BCUT2D eigenvalue weighted by Crippen LogP contribution is 2.12. The normalized spacial score (nSPS) is 11.4. The summed E-state index contributed by atoms with van der Waals surface area (Å²) in [5.41, 5.74) is 2.15. The van der Waals surface area contributed by atoms with Crippen LogP contribution < -0.4 is 0 Å². The first-order valence-electron chi connectivity index (χ1n) is 7.10. The third-order valence-electron chi connectivity index (χ3n) is 3.62. The van der Waals surface area contributed by atoms with Crippen LogP contribution in [0.25, 0.3) is 10.9 Å². The zero-order chi connectivity index (χ0) is 14.7. The minimum atomic E-state index is 0.839. The Balaban J connectivity index is 1.63. The highest BCUT2D eigenvalue weighted by molar-refractivity contribution is 5.78. The number of para-hydroxylation sites is 1. The van der Waals surface area contributed by atoms with E-state index in [1.54, 1.807) is 6.33 Å². The molecule has 108 valence electrons. The highest BCUT2D eigenvalue weighted by Gasteiger charge is 2.04. The molecule has 0 atom stereocenters. The first-order valence-corrected chi connectivity index (χ1v) is 7.10. The van der Waals surface area contributed by atoms with Gasteiger partial charge in [-0.1, -0.05) is 24.3 Å². The molecule has 0 radical (unpaired) electrons. The van der Waals surface area contributed by atoms with Crippen LogP contribution in [0, 0.1) is 6.92 Å². The summed E-state index contributed by atoms with van der Waals surface area (Å²) in [6, 6.07) is 12.4. The minimum absolute atomic E-state index is 0.839. The Morgan fingerprint density at radius 3 is 2.81 bits per heavy atom. The molecule has 0 N–H and O–H groups in total. The van der Waals surface area contributed by atoms with Crippen molar-refractivity contribution < 1.29 is 0 Å². The Hall–Kier alpha value is -2.27. The predicted molar refractivity (Wildman–Crippen MR) is 82.8 cm³/mol. The van der Waals surface area contributed by atoms with Crippen LogP contribution in [-0.2, 0) is 13.1 Å². The van der Waals surface area contributed by atoms with E-state index < -0.39 is 0 Å². The first-order chi connectivity index (χ1) is 10.2. The van der Waals surface area contributed by atoms with E-state index in [4.69, 9.17) is 4.98 Å². The Bertz CT molecular complexity index is 734. The standard InChI is InChI=1S/C16H19N5/c1-13-19-17-12-21(13)10-9-20(2)11-15-8-7-14-5-3-4-6-16(14)18-15/h3-8,12H,9-11H2,1-2H3. The van der Waals surface area contributed by atoms with Crippen molar-refractivity contribution in [3.8, 4) is 0 Å². The third-order valence-corrected chi connectivity index (χ3v) is 3.62. The van der Waals surface area contributed by atoms with Gasteiger partial charge in [-0.05, 0) is 26.1 Å². The molecule has 0 amide bonds. The van der Waals surface area contributed by atoms with Gasteiger partial charge in [0, 0.05) is 25.0 Å². The SMILES string of the molecule is Cc1nncn1CCN(C)Cc1ccc2ccccc2n1. The zero-order valence-electron chi connectivity index (χ0n) is 12.4. The molecular weight excluding hydrogens is 262 g/mol. The Morgan fingerprint density at radius 2 is 2.00 bits per heavy atom. The van der Waals surface area contributed by atoms with Gasteiger partial charge < -0.3 is 4.57 Å². The molecule has 0 saturated heterocycles. The van der Waals surface area contributed by atoms with Crippen LogP contribution >= 0.6 is 0 Å². The fourth-order valence-corrected chi connectivity index (χ4v) is 2.36. The minimum Gasteiger partial charge on any atom is -0.317 e. The van der Waals surface area contributed by atoms with E-state index in [0.717, 1.165) is 36.7 Å². The van der Waals surface area contributed by atoms with E-state index >= 15 is 0 Å². The maximum absolute atomic E-state index is 4.70. The molecule has 0 saturated carbocycles. The molecule has 0 spiro atoms. The monoisotopic (exact) mass is 281 g/mol. The summed E-state index contributed by atoms with van der Waals surface area (Å²) in [4.78, 5) is 6.97. The maximum Gasteiger partial charge on any atom is 0.129 e. The third kappa shape index (κ3) is 3.25. The van der Waals surface area contributed by atoms with Gasteiger partial charge in [-0.2, -0.15) is 0 Å². The number of likely N-dealkylation sites (N-methyl/N-ethyl adjacent to an activating group) is 1. The molecule has 2 heterocycles. The Labute approximate surface area is 124 Å². The molecule has 1 aromatic carbocycles. The quantitative estimate of drug-likeness (QED) is 0.720. The molecule has 2 aromatic heterocycles. The molecule has 3 rings (SSSR count). The largest absolute Gasteiger partial charge is 0.317 e. The number of nitrogens with zero attached hydrogens (tertiary/aromatic N) is 5. The van der Waals surface area contributed by atoms with Crippen molar-refractivity contribution in [1.82, 2.24) is 24.6 Å². The summed E-state index contributed by atoms with van der Waals surface area (Å²) < 4.78 is 2.06. The lowest BCUT2D eigenvalue weighted by Crippen LogP contribution is -2.23. The van der Waals surface area contributed by atoms with Crippen LogP contribution in [0.1, 0.15) is 11.5 Å². The van der Waals surface area contributed by atoms with Gasteiger partial charge in [0.2, 0.25) is 0 Å². The van der Waals surface area contributed by atoms with Crippen molar-refractivity contribution in [1.29, 1.82) is 0 Å². The number of hydrogen-bond donors (Lipinski definition) is 0. The van der Waals surface area contributed by atoms with Crippen LogP contribution in [0.3, 0.4) is 0 Å². The van der Waals surface area contributed by atoms with Crippen molar-refractivity contribution in [2.24, 2.45) is 0 Å². The van der Waals surface area contributed by atoms with Crippen LogP contribution in [0.2, 0.25) is 0 Å². The van der Waals surface area contributed by atoms with E-state index in [9.17, 15) is 0 Å². The fourth-order valence-electron chi connectivity index (χ4n) is 2.36. The number of fused-ring (bicyclic) bond motifs is 1. The van der Waals surface area contributed by atoms with Crippen molar-refractivity contribution in [3.63, 3.8) is 0 Å². The predicted octanol–water partition coefficient (Wildman–Crippen LogP) is 2.27. The second-order valence-electron chi connectivity index (χ2n) is 5.30. The van der Waals surface area contributed by atoms with Gasteiger partial charge in [0.05, 0.1) is 11.2 Å². The van der Waals surface area contributed by atoms with E-state index in [2.05, 4.69) is 51.0 Å². The van der Waals surface area contributed by atoms with E-state index in [0.29, 0.717) is 0 Å². The molecule has 0 aliphatic heterocycles. The average molecular weight is 281 g/mol. The van der Waals surface area contributed by atoms with Gasteiger partial charge in [-0.25, -0.2) is 0 Å². The van der Waals surface area contributed by atoms with Gasteiger partial charge in [-0.15, -0.1) is 10.2 Å². The number of rotatable bonds is 5. The molecule has 5 nitrogen and oxygen atoms in total. The van der Waals surface area contributed by atoms with Gasteiger partial charge in [0.15, 0.2) is 0 Å². The summed E-state index contributed by atoms with van der Waals surface area (Å²) >= 11 is 0. The van der Waals surface area contributed by atoms with Crippen LogP contribution in [0.5, 0.6) is 0 Å². The topological polar surface area (TPSA) is 46.8 Å². The highest BCUT2D eigenvalue weighted by atomic mass is 15.3. The van der Waals surface area contributed by atoms with Gasteiger partial charge in [-0.3, -0.25) is 9.88 Å². The van der Waals surface area contributed by atoms with Crippen molar-refractivity contribution in [2.45, 2.75) is 20.0 Å². The van der Waals surface area contributed by atoms with Crippen LogP contribution in [0.15, 0.2) is 42.7 Å². The molecular formula is C16H19N5. The lowest BCUT2D eigenvalue weighted by atomic mass is 10.2. The van der Waals surface area contributed by atoms with E-state index in [1.165, 1.54) is 5.39 Å². The second kappa shape index (κ2) is 6.01. The Morgan fingerprint density at radius 1 is 1.14 bits per heavy atom. The molecule has 5 heteroatoms. The molecule has 0 bridgehead atoms. The second-order valence-corrected chi connectivity index (χ2v) is 5.30. The smallest absolute Gasteiger partial charge is 0.129 e. The molecule has 3 aromatic rings. The maximum atomic E-state index is 4.70. The fraction of sp³-hybridized carbons (Fsp3) is 0.312. The molecule has 0 aliphatic carbocycles. The van der Waals surface area contributed by atoms with Gasteiger partial charge in [0.1, 0.15) is 12.2 Å². The summed E-state index contributed by atoms with van der Waals surface area (Å²) in [7, 11) is 2.11. The number of aryl methyl sites for hydroxylation is 1. The number of hydrogen-bond acceptors (Lipinski definition) is 4. The summed E-state index contributed by atoms with van der Waals surface area (Å²) in [6.07, 6.45) is 1.78. The van der Waals surface area contributed by atoms with Crippen LogP contribution in [-0.4, -0.2) is 38.2 Å². The Kier molecular flexibility index (Phi) is 3.92. The molecule has 0 aliphatic rings. The van der Waals surface area contributed by atoms with Gasteiger partial charge >= 0.3 is 0 Å². The average Bonchev–Trinajstić information content (AvgIpc) is 2.90. The van der Waals surface area contributed by atoms with Gasteiger partial charge in [0.25, 0.3) is 0 Å². The summed E-state index contributed by atoms with van der Waals surface area (Å²) in [6.45, 7) is 4.64. The van der Waals surface area contributed by atoms with Crippen LogP contribution in [0.4, 0.5) is 0 Å². The van der Waals surface area contributed by atoms with E-state index in [1.807, 2.05) is 19.1 Å². The van der Waals surface area contributed by atoms with Crippen molar-refractivity contribution in [3.05, 3.63) is 54.2 Å². The zero-order valence-corrected chi connectivity index (χ0v) is 12.4. The molecule has 0 fully saturated rings. The number of pyridine rings is 1. The lowest BCUT2D eigenvalue weighted by molar-refractivity contribution is 0.307. The van der Waals surface area contributed by atoms with E-state index in [-0.39, 0.29) is 0 Å². The van der Waals surface area contributed by atoms with Crippen molar-refractivity contribution >= 4 is 10.9 Å².